The summed E-state index contributed by atoms with van der Waals surface area (Å²) in [5.41, 5.74) is 2.02. The Hall–Kier alpha value is -0.880. The molecule has 0 saturated heterocycles. The molecule has 1 unspecified atom stereocenters. The van der Waals surface area contributed by atoms with Crippen LogP contribution in [0.15, 0.2) is 4.47 Å². The van der Waals surface area contributed by atoms with Crippen LogP contribution in [0.3, 0.4) is 0 Å². The van der Waals surface area contributed by atoms with Crippen LogP contribution in [0.2, 0.25) is 0 Å². The fraction of sp³-hybridized carbons (Fsp3) is 0.692. The molecule has 0 aliphatic carbocycles. The molecular weight excluding hydrogens is 310 g/mol. The molecular formula is C13H22BrN3O2. The zero-order valence-corrected chi connectivity index (χ0v) is 13.5. The minimum absolute atomic E-state index is 0.0416. The van der Waals surface area contributed by atoms with Gasteiger partial charge in [-0.2, -0.15) is 5.10 Å². The molecule has 1 atom stereocenters. The molecule has 1 heterocycles. The van der Waals surface area contributed by atoms with Gasteiger partial charge in [-0.3, -0.25) is 14.8 Å². The summed E-state index contributed by atoms with van der Waals surface area (Å²) in [5.74, 6) is -0.774. The molecule has 0 spiro atoms. The van der Waals surface area contributed by atoms with Crippen LogP contribution in [-0.2, 0) is 24.3 Å². The third-order valence-electron chi connectivity index (χ3n) is 3.12. The first kappa shape index (κ1) is 16.2. The molecule has 0 saturated carbocycles. The van der Waals surface area contributed by atoms with E-state index in [-0.39, 0.29) is 5.92 Å². The van der Waals surface area contributed by atoms with E-state index in [9.17, 15) is 9.90 Å². The van der Waals surface area contributed by atoms with Crippen molar-refractivity contribution in [3.8, 4) is 0 Å². The highest BCUT2D eigenvalue weighted by Gasteiger charge is 2.22. The third-order valence-corrected chi connectivity index (χ3v) is 4.03. The molecule has 5 nitrogen and oxygen atoms in total. The first-order chi connectivity index (χ1) is 8.92. The van der Waals surface area contributed by atoms with Gasteiger partial charge in [0.25, 0.3) is 0 Å². The first-order valence-corrected chi connectivity index (χ1v) is 7.41. The second kappa shape index (κ2) is 7.05. The molecule has 0 amide bonds. The number of carboxylic acids is 1. The first-order valence-electron chi connectivity index (χ1n) is 6.62. The molecule has 0 aliphatic rings. The molecule has 1 aromatic heterocycles. The highest BCUT2D eigenvalue weighted by molar-refractivity contribution is 9.10. The molecule has 2 N–H and O–H groups in total. The smallest absolute Gasteiger partial charge is 0.320 e. The van der Waals surface area contributed by atoms with Gasteiger partial charge in [-0.15, -0.1) is 0 Å². The van der Waals surface area contributed by atoms with E-state index in [0.717, 1.165) is 28.8 Å². The Bertz CT molecular complexity index is 443. The van der Waals surface area contributed by atoms with Crippen molar-refractivity contribution < 1.29 is 9.90 Å². The van der Waals surface area contributed by atoms with Crippen LogP contribution in [0, 0.1) is 5.92 Å². The maximum atomic E-state index is 11.2. The Kier molecular flexibility index (Phi) is 6.00. The van der Waals surface area contributed by atoms with Gasteiger partial charge in [0.2, 0.25) is 0 Å². The van der Waals surface area contributed by atoms with Crippen molar-refractivity contribution in [2.75, 3.05) is 0 Å². The average molecular weight is 332 g/mol. The summed E-state index contributed by atoms with van der Waals surface area (Å²) in [5, 5.41) is 16.8. The standard InChI is InChI=1S/C13H22BrN3O2/c1-5-9-11(14)10(17(6-2)16-9)7-15-12(8(3)4)13(18)19/h8,12,15H,5-7H2,1-4H3,(H,18,19). The Labute approximate surface area is 122 Å². The summed E-state index contributed by atoms with van der Waals surface area (Å²) in [4.78, 5) is 11.2. The summed E-state index contributed by atoms with van der Waals surface area (Å²) >= 11 is 3.56. The summed E-state index contributed by atoms with van der Waals surface area (Å²) in [6, 6.07) is -0.544. The SMILES string of the molecule is CCc1nn(CC)c(CNC(C(=O)O)C(C)C)c1Br. The second-order valence-electron chi connectivity index (χ2n) is 4.82. The molecule has 19 heavy (non-hydrogen) atoms. The number of halogens is 1. The van der Waals surface area contributed by atoms with Crippen LogP contribution in [-0.4, -0.2) is 26.9 Å². The van der Waals surface area contributed by atoms with Crippen molar-refractivity contribution in [3.05, 3.63) is 15.9 Å². The van der Waals surface area contributed by atoms with Crippen molar-refractivity contribution in [1.82, 2.24) is 15.1 Å². The van der Waals surface area contributed by atoms with Crippen molar-refractivity contribution in [2.45, 2.75) is 53.2 Å². The van der Waals surface area contributed by atoms with Crippen LogP contribution in [0.25, 0.3) is 0 Å². The number of nitrogens with one attached hydrogen (secondary N) is 1. The van der Waals surface area contributed by atoms with Crippen LogP contribution < -0.4 is 5.32 Å². The van der Waals surface area contributed by atoms with Crippen molar-refractivity contribution in [1.29, 1.82) is 0 Å². The van der Waals surface area contributed by atoms with Crippen molar-refractivity contribution in [2.24, 2.45) is 5.92 Å². The Morgan fingerprint density at radius 3 is 2.53 bits per heavy atom. The summed E-state index contributed by atoms with van der Waals surface area (Å²) in [6.07, 6.45) is 0.854. The van der Waals surface area contributed by atoms with E-state index in [1.807, 2.05) is 25.5 Å². The molecule has 6 heteroatoms. The van der Waals surface area contributed by atoms with Crippen LogP contribution >= 0.6 is 15.9 Å². The number of rotatable bonds is 7. The summed E-state index contributed by atoms with van der Waals surface area (Å²) in [6.45, 7) is 9.15. The molecule has 0 bridgehead atoms. The number of hydrogen-bond donors (Lipinski definition) is 2. The number of nitrogens with zero attached hydrogens (tertiary/aromatic N) is 2. The fourth-order valence-electron chi connectivity index (χ4n) is 2.00. The topological polar surface area (TPSA) is 67.2 Å². The number of aryl methyl sites for hydroxylation is 2. The predicted octanol–water partition coefficient (Wildman–Crippen LogP) is 2.43. The second-order valence-corrected chi connectivity index (χ2v) is 5.61. The van der Waals surface area contributed by atoms with Gasteiger partial charge in [0.05, 0.1) is 15.9 Å². The van der Waals surface area contributed by atoms with Gasteiger partial charge >= 0.3 is 5.97 Å². The summed E-state index contributed by atoms with van der Waals surface area (Å²) < 4.78 is 2.90. The lowest BCUT2D eigenvalue weighted by molar-refractivity contribution is -0.140. The minimum Gasteiger partial charge on any atom is -0.480 e. The van der Waals surface area contributed by atoms with E-state index in [1.165, 1.54) is 0 Å². The van der Waals surface area contributed by atoms with Crippen LogP contribution in [0.5, 0.6) is 0 Å². The van der Waals surface area contributed by atoms with Gasteiger partial charge in [0, 0.05) is 13.1 Å². The van der Waals surface area contributed by atoms with Crippen molar-refractivity contribution >= 4 is 21.9 Å². The lowest BCUT2D eigenvalue weighted by atomic mass is 10.0. The third kappa shape index (κ3) is 3.79. The fourth-order valence-corrected chi connectivity index (χ4v) is 2.71. The van der Waals surface area contributed by atoms with E-state index >= 15 is 0 Å². The molecule has 1 rings (SSSR count). The average Bonchev–Trinajstić information content (AvgIpc) is 2.65. The molecule has 0 aliphatic heterocycles. The number of aromatic nitrogens is 2. The van der Waals surface area contributed by atoms with E-state index in [0.29, 0.717) is 6.54 Å². The quantitative estimate of drug-likeness (QED) is 0.805. The van der Waals surface area contributed by atoms with Gasteiger partial charge in [-0.25, -0.2) is 0 Å². The lowest BCUT2D eigenvalue weighted by Gasteiger charge is -2.18. The zero-order chi connectivity index (χ0) is 14.6. The van der Waals surface area contributed by atoms with E-state index in [2.05, 4.69) is 33.3 Å². The Morgan fingerprint density at radius 1 is 1.47 bits per heavy atom. The van der Waals surface area contributed by atoms with E-state index in [4.69, 9.17) is 0 Å². The van der Waals surface area contributed by atoms with Crippen LogP contribution in [0.1, 0.15) is 39.1 Å². The van der Waals surface area contributed by atoms with Gasteiger partial charge in [-0.05, 0) is 35.2 Å². The number of aliphatic carboxylic acids is 1. The maximum Gasteiger partial charge on any atom is 0.320 e. The Balaban J connectivity index is 2.87. The monoisotopic (exact) mass is 331 g/mol. The maximum absolute atomic E-state index is 11.2. The van der Waals surface area contributed by atoms with Gasteiger partial charge in [0.15, 0.2) is 0 Å². The number of hydrogen-bond acceptors (Lipinski definition) is 3. The molecule has 108 valence electrons. The zero-order valence-electron chi connectivity index (χ0n) is 11.9. The highest BCUT2D eigenvalue weighted by atomic mass is 79.9. The summed E-state index contributed by atoms with van der Waals surface area (Å²) in [7, 11) is 0. The van der Waals surface area contributed by atoms with Crippen LogP contribution in [0.4, 0.5) is 0 Å². The van der Waals surface area contributed by atoms with E-state index < -0.39 is 12.0 Å². The van der Waals surface area contributed by atoms with E-state index in [1.54, 1.807) is 0 Å². The number of carboxylic acid groups (broad SMARTS) is 1. The largest absolute Gasteiger partial charge is 0.480 e. The van der Waals surface area contributed by atoms with Crippen molar-refractivity contribution in [3.63, 3.8) is 0 Å². The van der Waals surface area contributed by atoms with Gasteiger partial charge in [-0.1, -0.05) is 20.8 Å². The highest BCUT2D eigenvalue weighted by Crippen LogP contribution is 2.22. The minimum atomic E-state index is -0.815. The normalized spacial score (nSPS) is 12.9. The van der Waals surface area contributed by atoms with Gasteiger partial charge in [0.1, 0.15) is 6.04 Å². The predicted molar refractivity (Wildman–Crippen MR) is 78.1 cm³/mol. The molecule has 0 fully saturated rings. The van der Waals surface area contributed by atoms with Gasteiger partial charge < -0.3 is 5.11 Å². The molecule has 0 radical (unpaired) electrons. The molecule has 1 aromatic rings. The lowest BCUT2D eigenvalue weighted by Crippen LogP contribution is -2.40. The number of carbonyl (C=O) groups is 1. The Morgan fingerprint density at radius 2 is 2.11 bits per heavy atom. The molecule has 0 aromatic carbocycles.